The Hall–Kier alpha value is -5.31. The molecule has 0 aliphatic rings. The first-order valence-electron chi connectivity index (χ1n) is 14.5. The number of fused-ring (bicyclic) bond motifs is 1. The number of benzene rings is 3. The summed E-state index contributed by atoms with van der Waals surface area (Å²) in [6.45, 7) is 10.7. The van der Waals surface area contributed by atoms with E-state index in [0.717, 1.165) is 11.6 Å². The molecule has 0 saturated carbocycles. The lowest BCUT2D eigenvalue weighted by Gasteiger charge is -2.20. The van der Waals surface area contributed by atoms with Crippen LogP contribution in [0.4, 0.5) is 18.9 Å². The Balaban J connectivity index is 1.61. The van der Waals surface area contributed by atoms with Crippen LogP contribution in [0.25, 0.3) is 32.7 Å². The van der Waals surface area contributed by atoms with E-state index in [2.05, 4.69) is 20.0 Å². The maximum Gasteiger partial charge on any atom is 0.433 e. The Morgan fingerprint density at radius 3 is 2.21 bits per heavy atom. The number of aromatic nitrogens is 5. The molecule has 12 heteroatoms. The van der Waals surface area contributed by atoms with Gasteiger partial charge in [-0.3, -0.25) is 4.79 Å². The molecule has 0 amide bonds. The maximum absolute atomic E-state index is 14.8. The van der Waals surface area contributed by atoms with E-state index in [1.165, 1.54) is 17.7 Å². The predicted octanol–water partition coefficient (Wildman–Crippen LogP) is 8.48. The van der Waals surface area contributed by atoms with E-state index in [-0.39, 0.29) is 24.4 Å². The van der Waals surface area contributed by atoms with E-state index in [1.807, 2.05) is 30.3 Å². The summed E-state index contributed by atoms with van der Waals surface area (Å²) in [4.78, 5) is 22.0. The first-order valence-corrected chi connectivity index (χ1v) is 14.9. The fraction of sp³-hybridized carbons (Fsp3) is 0.171. The summed E-state index contributed by atoms with van der Waals surface area (Å²) >= 11 is 6.22. The van der Waals surface area contributed by atoms with Crippen LogP contribution in [0.1, 0.15) is 41.4 Å². The zero-order valence-corrected chi connectivity index (χ0v) is 25.9. The second-order valence-corrected chi connectivity index (χ2v) is 11.3. The molecule has 6 rings (SSSR count). The van der Waals surface area contributed by atoms with Gasteiger partial charge in [-0.15, -0.1) is 10.2 Å². The molecule has 6 aromatic rings. The van der Waals surface area contributed by atoms with E-state index in [1.54, 1.807) is 60.0 Å². The number of pyridine rings is 1. The molecule has 1 atom stereocenters. The third kappa shape index (κ3) is 6.38. The molecule has 3 aromatic heterocycles. The standard InChI is InChI=1S/C35H26ClF3N6O2/c1-21-26(13-18-29(41-21)35(37,38)39)19-44-34(46)31(25-11-16-28(40-3)17-12-25)30(24-9-14-27(36)15-10-24)33-43-42-32(45(33)44)22(2)47-20-23-7-5-4-6-8-23/h4-18,22H,19-20H2,1-2H3/t22-/m1/s1. The summed E-state index contributed by atoms with van der Waals surface area (Å²) in [5, 5.41) is 9.53. The molecule has 47 heavy (non-hydrogen) atoms. The first kappa shape index (κ1) is 31.7. The molecule has 236 valence electrons. The van der Waals surface area contributed by atoms with E-state index in [4.69, 9.17) is 22.9 Å². The minimum atomic E-state index is -4.62. The predicted molar refractivity (Wildman–Crippen MR) is 172 cm³/mol. The largest absolute Gasteiger partial charge is 0.433 e. The van der Waals surface area contributed by atoms with Crippen LogP contribution in [0.15, 0.2) is 95.8 Å². The van der Waals surface area contributed by atoms with Crippen molar-refractivity contribution in [3.8, 4) is 22.3 Å². The minimum absolute atomic E-state index is 0.118. The highest BCUT2D eigenvalue weighted by Gasteiger charge is 2.33. The fourth-order valence-corrected chi connectivity index (χ4v) is 5.45. The SMILES string of the molecule is [C-]#[N+]c1ccc(-c2c(-c3ccc(Cl)cc3)c3nnc([C@@H](C)OCc4ccccc4)n3n(Cc3ccc(C(F)(F)F)nc3C)c2=O)cc1. The summed E-state index contributed by atoms with van der Waals surface area (Å²) in [6, 6.07) is 25.3. The fourth-order valence-electron chi connectivity index (χ4n) is 5.33. The molecule has 0 fully saturated rings. The van der Waals surface area contributed by atoms with Crippen molar-refractivity contribution in [3.05, 3.63) is 146 Å². The summed E-state index contributed by atoms with van der Waals surface area (Å²) in [5.41, 5.74) is 2.56. The molecule has 0 saturated heterocycles. The molecule has 0 spiro atoms. The lowest BCUT2D eigenvalue weighted by molar-refractivity contribution is -0.141. The topological polar surface area (TPSA) is 78.7 Å². The van der Waals surface area contributed by atoms with Gasteiger partial charge in [-0.25, -0.2) is 19.0 Å². The maximum atomic E-state index is 14.8. The van der Waals surface area contributed by atoms with E-state index in [9.17, 15) is 18.0 Å². The van der Waals surface area contributed by atoms with Gasteiger partial charge in [0, 0.05) is 16.3 Å². The van der Waals surface area contributed by atoms with Crippen LogP contribution in [0.2, 0.25) is 5.02 Å². The summed E-state index contributed by atoms with van der Waals surface area (Å²) in [6.07, 6.45) is -5.27. The highest BCUT2D eigenvalue weighted by atomic mass is 35.5. The number of nitrogens with zero attached hydrogens (tertiary/aromatic N) is 6. The highest BCUT2D eigenvalue weighted by molar-refractivity contribution is 6.30. The van der Waals surface area contributed by atoms with Crippen molar-refractivity contribution in [2.75, 3.05) is 0 Å². The van der Waals surface area contributed by atoms with E-state index < -0.39 is 23.5 Å². The average Bonchev–Trinajstić information content (AvgIpc) is 3.51. The van der Waals surface area contributed by atoms with Gasteiger partial charge in [-0.1, -0.05) is 84.4 Å². The molecule has 0 aliphatic heterocycles. The van der Waals surface area contributed by atoms with Gasteiger partial charge >= 0.3 is 6.18 Å². The molecule has 0 bridgehead atoms. The molecule has 8 nitrogen and oxygen atoms in total. The third-order valence-corrected chi connectivity index (χ3v) is 8.01. The zero-order chi connectivity index (χ0) is 33.3. The van der Waals surface area contributed by atoms with Crippen molar-refractivity contribution in [1.82, 2.24) is 24.4 Å². The third-order valence-electron chi connectivity index (χ3n) is 7.76. The van der Waals surface area contributed by atoms with Gasteiger partial charge in [0.05, 0.1) is 25.3 Å². The smallest absolute Gasteiger partial charge is 0.366 e. The average molecular weight is 655 g/mol. The quantitative estimate of drug-likeness (QED) is 0.154. The Kier molecular flexibility index (Phi) is 8.64. The van der Waals surface area contributed by atoms with Gasteiger partial charge in [-0.2, -0.15) is 13.2 Å². The summed E-state index contributed by atoms with van der Waals surface area (Å²) in [7, 11) is 0. The van der Waals surface area contributed by atoms with Gasteiger partial charge in [0.15, 0.2) is 17.2 Å². The lowest BCUT2D eigenvalue weighted by Crippen LogP contribution is -2.31. The van der Waals surface area contributed by atoms with Gasteiger partial charge in [0.2, 0.25) is 0 Å². The second kappa shape index (κ2) is 12.8. The Labute approximate surface area is 272 Å². The molecule has 0 aliphatic carbocycles. The number of hydrogen-bond donors (Lipinski definition) is 0. The van der Waals surface area contributed by atoms with E-state index >= 15 is 0 Å². The second-order valence-electron chi connectivity index (χ2n) is 10.8. The van der Waals surface area contributed by atoms with Crippen LogP contribution in [-0.2, 0) is 24.1 Å². The molecule has 3 heterocycles. The van der Waals surface area contributed by atoms with Crippen LogP contribution in [-0.4, -0.2) is 24.4 Å². The van der Waals surface area contributed by atoms with Crippen molar-refractivity contribution in [1.29, 1.82) is 0 Å². The molecular formula is C35H26ClF3N6O2. The minimum Gasteiger partial charge on any atom is -0.366 e. The van der Waals surface area contributed by atoms with Gasteiger partial charge in [-0.05, 0) is 54.3 Å². The van der Waals surface area contributed by atoms with Crippen molar-refractivity contribution < 1.29 is 17.9 Å². The molecule has 0 N–H and O–H groups in total. The number of alkyl halides is 3. The molecule has 3 aromatic carbocycles. The summed E-state index contributed by atoms with van der Waals surface area (Å²) < 4.78 is 49.5. The Bertz CT molecular complexity index is 2170. The van der Waals surface area contributed by atoms with Crippen LogP contribution < -0.4 is 5.56 Å². The van der Waals surface area contributed by atoms with Gasteiger partial charge in [0.25, 0.3) is 5.56 Å². The van der Waals surface area contributed by atoms with Crippen LogP contribution in [0.3, 0.4) is 0 Å². The molecule has 0 radical (unpaired) electrons. The Morgan fingerprint density at radius 2 is 1.57 bits per heavy atom. The number of hydrogen-bond acceptors (Lipinski definition) is 5. The lowest BCUT2D eigenvalue weighted by atomic mass is 9.96. The van der Waals surface area contributed by atoms with Crippen molar-refractivity contribution in [2.24, 2.45) is 0 Å². The van der Waals surface area contributed by atoms with Crippen LogP contribution in [0, 0.1) is 13.5 Å². The highest BCUT2D eigenvalue weighted by Crippen LogP contribution is 2.36. The zero-order valence-electron chi connectivity index (χ0n) is 25.2. The first-order chi connectivity index (χ1) is 22.5. The van der Waals surface area contributed by atoms with Gasteiger partial charge < -0.3 is 4.74 Å². The van der Waals surface area contributed by atoms with E-state index in [0.29, 0.717) is 44.4 Å². The number of aryl methyl sites for hydroxylation is 1. The van der Waals surface area contributed by atoms with Crippen molar-refractivity contribution >= 4 is 22.9 Å². The van der Waals surface area contributed by atoms with Crippen LogP contribution in [0.5, 0.6) is 0 Å². The van der Waals surface area contributed by atoms with Crippen molar-refractivity contribution in [3.63, 3.8) is 0 Å². The normalized spacial score (nSPS) is 12.3. The van der Waals surface area contributed by atoms with Crippen LogP contribution >= 0.6 is 11.6 Å². The monoisotopic (exact) mass is 654 g/mol. The summed E-state index contributed by atoms with van der Waals surface area (Å²) in [5.74, 6) is 0.315. The number of rotatable bonds is 8. The Morgan fingerprint density at radius 1 is 0.915 bits per heavy atom. The van der Waals surface area contributed by atoms with Gasteiger partial charge in [0.1, 0.15) is 11.8 Å². The number of ether oxygens (including phenoxy) is 1. The molecule has 0 unspecified atom stereocenters. The number of halogens is 4. The molecular weight excluding hydrogens is 629 g/mol. The van der Waals surface area contributed by atoms with Crippen molar-refractivity contribution in [2.45, 2.75) is 39.3 Å².